The molecule has 0 bridgehead atoms. The largest absolute Gasteiger partial charge is 0.133 e. The maximum absolute atomic E-state index is 5.60. The van der Waals surface area contributed by atoms with E-state index in [1.807, 2.05) is 11.5 Å². The van der Waals surface area contributed by atoms with Gasteiger partial charge in [-0.3, -0.25) is 0 Å². The maximum Gasteiger partial charge on any atom is 0.0617 e. The van der Waals surface area contributed by atoms with Crippen molar-refractivity contribution in [3.05, 3.63) is 11.5 Å². The van der Waals surface area contributed by atoms with E-state index in [0.29, 0.717) is 5.38 Å². The Balaban J connectivity index is 2.38. The lowest BCUT2D eigenvalue weighted by Crippen LogP contribution is -1.87. The number of hydrogen-bond acceptors (Lipinski definition) is 1. The summed E-state index contributed by atoms with van der Waals surface area (Å²) in [4.78, 5) is 0. The first kappa shape index (κ1) is 4.54. The van der Waals surface area contributed by atoms with Gasteiger partial charge < -0.3 is 0 Å². The van der Waals surface area contributed by atoms with E-state index in [9.17, 15) is 0 Å². The average Bonchev–Trinajstić information content (AvgIpc) is 1.86. The van der Waals surface area contributed by atoms with E-state index in [4.69, 9.17) is 11.6 Å². The normalized spacial score (nSPS) is 31.8. The van der Waals surface area contributed by atoms with Gasteiger partial charge in [-0.1, -0.05) is 6.08 Å². The summed E-state index contributed by atoms with van der Waals surface area (Å²) >= 11 is 7.37. The van der Waals surface area contributed by atoms with Crippen LogP contribution in [0.25, 0.3) is 0 Å². The Morgan fingerprint density at radius 3 is 2.83 bits per heavy atom. The second-order valence-corrected chi connectivity index (χ2v) is 2.68. The molecule has 1 aliphatic rings. The van der Waals surface area contributed by atoms with Crippen LogP contribution in [0.5, 0.6) is 0 Å². The van der Waals surface area contributed by atoms with Crippen LogP contribution >= 0.6 is 23.4 Å². The van der Waals surface area contributed by atoms with Gasteiger partial charge in [-0.2, -0.15) is 0 Å². The van der Waals surface area contributed by atoms with Gasteiger partial charge in [-0.05, 0) is 5.41 Å². The molecule has 0 amide bonds. The Hall–Kier alpha value is 0.380. The Labute approximate surface area is 46.6 Å². The molecule has 0 N–H and O–H groups in total. The Morgan fingerprint density at radius 2 is 2.67 bits per heavy atom. The fourth-order valence-corrected chi connectivity index (χ4v) is 1.43. The topological polar surface area (TPSA) is 0 Å². The van der Waals surface area contributed by atoms with Gasteiger partial charge in [0.2, 0.25) is 0 Å². The van der Waals surface area contributed by atoms with Crippen molar-refractivity contribution in [3.8, 4) is 0 Å². The number of thioether (sulfide) groups is 1. The molecule has 1 atom stereocenters. The van der Waals surface area contributed by atoms with Gasteiger partial charge in [0.05, 0.1) is 5.38 Å². The highest BCUT2D eigenvalue weighted by Crippen LogP contribution is 2.17. The number of rotatable bonds is 0. The summed E-state index contributed by atoms with van der Waals surface area (Å²) in [6.07, 6.45) is 2.01. The van der Waals surface area contributed by atoms with Gasteiger partial charge in [0.1, 0.15) is 0 Å². The summed E-state index contributed by atoms with van der Waals surface area (Å²) in [5.41, 5.74) is 0. The van der Waals surface area contributed by atoms with Crippen molar-refractivity contribution in [2.75, 3.05) is 5.75 Å². The van der Waals surface area contributed by atoms with Crippen LogP contribution in [0.15, 0.2) is 11.5 Å². The van der Waals surface area contributed by atoms with Gasteiger partial charge in [-0.25, -0.2) is 0 Å². The molecule has 0 fully saturated rings. The van der Waals surface area contributed by atoms with E-state index < -0.39 is 0 Å². The van der Waals surface area contributed by atoms with Crippen LogP contribution in [-0.4, -0.2) is 11.1 Å². The molecule has 34 valence electrons. The molecule has 0 nitrogen and oxygen atoms in total. The van der Waals surface area contributed by atoms with Crippen molar-refractivity contribution in [1.29, 1.82) is 0 Å². The number of alkyl halides is 1. The highest BCUT2D eigenvalue weighted by atomic mass is 35.5. The van der Waals surface area contributed by atoms with Crippen molar-refractivity contribution >= 4 is 23.4 Å². The van der Waals surface area contributed by atoms with Crippen molar-refractivity contribution in [1.82, 2.24) is 0 Å². The number of hydrogen-bond donors (Lipinski definition) is 0. The lowest BCUT2D eigenvalue weighted by molar-refractivity contribution is 1.28. The average molecular weight is 121 g/mol. The minimum Gasteiger partial charge on any atom is -0.133 e. The number of halogens is 1. The molecule has 0 radical (unpaired) electrons. The van der Waals surface area contributed by atoms with E-state index in [1.54, 1.807) is 11.8 Å². The first-order valence-corrected chi connectivity index (χ1v) is 3.30. The Bertz CT molecular complexity index is 69.9. The SMILES string of the molecule is ClC1C=CSC1. The van der Waals surface area contributed by atoms with E-state index in [0.717, 1.165) is 5.75 Å². The minimum absolute atomic E-state index is 0.301. The summed E-state index contributed by atoms with van der Waals surface area (Å²) in [5.74, 6) is 1.06. The minimum atomic E-state index is 0.301. The van der Waals surface area contributed by atoms with Crippen LogP contribution in [0.4, 0.5) is 0 Å². The Kier molecular flexibility index (Phi) is 1.43. The molecule has 1 aliphatic heterocycles. The predicted molar refractivity (Wildman–Crippen MR) is 31.2 cm³/mol. The number of allylic oxidation sites excluding steroid dienone is 1. The van der Waals surface area contributed by atoms with Crippen LogP contribution in [0.2, 0.25) is 0 Å². The highest BCUT2D eigenvalue weighted by Gasteiger charge is 2.02. The van der Waals surface area contributed by atoms with Gasteiger partial charge in [0.25, 0.3) is 0 Å². The molecule has 0 aromatic carbocycles. The fourth-order valence-electron chi connectivity index (χ4n) is 0.344. The third-order valence-corrected chi connectivity index (χ3v) is 2.02. The van der Waals surface area contributed by atoms with E-state index in [1.165, 1.54) is 0 Å². The first-order chi connectivity index (χ1) is 2.89. The molecule has 1 rings (SSSR count). The van der Waals surface area contributed by atoms with Crippen LogP contribution in [0.1, 0.15) is 0 Å². The zero-order valence-electron chi connectivity index (χ0n) is 3.23. The summed E-state index contributed by atoms with van der Waals surface area (Å²) in [7, 11) is 0. The van der Waals surface area contributed by atoms with Crippen LogP contribution in [0, 0.1) is 0 Å². The summed E-state index contributed by atoms with van der Waals surface area (Å²) < 4.78 is 0. The van der Waals surface area contributed by atoms with E-state index in [2.05, 4.69) is 0 Å². The lowest BCUT2D eigenvalue weighted by Gasteiger charge is -1.85. The Morgan fingerprint density at radius 1 is 1.83 bits per heavy atom. The fraction of sp³-hybridized carbons (Fsp3) is 0.500. The van der Waals surface area contributed by atoms with Crippen LogP contribution in [-0.2, 0) is 0 Å². The standard InChI is InChI=1S/C4H5ClS/c5-4-1-2-6-3-4/h1-2,4H,3H2. The zero-order valence-corrected chi connectivity index (χ0v) is 4.80. The molecule has 0 spiro atoms. The van der Waals surface area contributed by atoms with Gasteiger partial charge in [0.15, 0.2) is 0 Å². The lowest BCUT2D eigenvalue weighted by atomic mass is 10.5. The van der Waals surface area contributed by atoms with Crippen LogP contribution < -0.4 is 0 Å². The molecule has 2 heteroatoms. The zero-order chi connectivity index (χ0) is 4.41. The molecule has 1 heterocycles. The molecule has 1 unspecified atom stereocenters. The van der Waals surface area contributed by atoms with Crippen molar-refractivity contribution in [2.45, 2.75) is 5.38 Å². The summed E-state index contributed by atoms with van der Waals surface area (Å²) in [5, 5.41) is 2.34. The quantitative estimate of drug-likeness (QED) is 0.440. The van der Waals surface area contributed by atoms with Gasteiger partial charge >= 0.3 is 0 Å². The summed E-state index contributed by atoms with van der Waals surface area (Å²) in [6.45, 7) is 0. The second kappa shape index (κ2) is 1.90. The molecule has 0 saturated heterocycles. The van der Waals surface area contributed by atoms with Gasteiger partial charge in [-0.15, -0.1) is 23.4 Å². The molecule has 0 aliphatic carbocycles. The maximum atomic E-state index is 5.60. The first-order valence-electron chi connectivity index (χ1n) is 1.82. The van der Waals surface area contributed by atoms with Crippen molar-refractivity contribution in [2.24, 2.45) is 0 Å². The van der Waals surface area contributed by atoms with Gasteiger partial charge in [0, 0.05) is 5.75 Å². The third-order valence-electron chi connectivity index (χ3n) is 0.639. The molecule has 0 saturated carbocycles. The molecular formula is C4H5ClS. The van der Waals surface area contributed by atoms with Crippen molar-refractivity contribution in [3.63, 3.8) is 0 Å². The van der Waals surface area contributed by atoms with E-state index >= 15 is 0 Å². The predicted octanol–water partition coefficient (Wildman–Crippen LogP) is 1.85. The van der Waals surface area contributed by atoms with Crippen LogP contribution in [0.3, 0.4) is 0 Å². The highest BCUT2D eigenvalue weighted by molar-refractivity contribution is 8.02. The second-order valence-electron chi connectivity index (χ2n) is 1.18. The molecular weight excluding hydrogens is 116 g/mol. The summed E-state index contributed by atoms with van der Waals surface area (Å²) in [6, 6.07) is 0. The molecule has 6 heavy (non-hydrogen) atoms. The molecule has 0 aromatic heterocycles. The third kappa shape index (κ3) is 0.919. The van der Waals surface area contributed by atoms with E-state index in [-0.39, 0.29) is 0 Å². The monoisotopic (exact) mass is 120 g/mol. The van der Waals surface area contributed by atoms with Crippen molar-refractivity contribution < 1.29 is 0 Å². The molecule has 0 aromatic rings. The smallest absolute Gasteiger partial charge is 0.0617 e.